The second kappa shape index (κ2) is 8.45. The van der Waals surface area contributed by atoms with Crippen LogP contribution in [0.4, 0.5) is 5.69 Å². The van der Waals surface area contributed by atoms with E-state index in [9.17, 15) is 4.79 Å². The summed E-state index contributed by atoms with van der Waals surface area (Å²) in [7, 11) is 0. The van der Waals surface area contributed by atoms with Gasteiger partial charge in [-0.25, -0.2) is 4.68 Å². The van der Waals surface area contributed by atoms with E-state index < -0.39 is 0 Å². The van der Waals surface area contributed by atoms with E-state index in [1.54, 1.807) is 34.0 Å². The first-order valence-electron chi connectivity index (χ1n) is 9.21. The normalized spacial score (nSPS) is 11.1. The third-order valence-corrected chi connectivity index (χ3v) is 6.14. The van der Waals surface area contributed by atoms with Gasteiger partial charge in [-0.1, -0.05) is 29.8 Å². The van der Waals surface area contributed by atoms with Gasteiger partial charge in [-0.15, -0.1) is 0 Å². The van der Waals surface area contributed by atoms with Gasteiger partial charge in [-0.2, -0.15) is 15.3 Å². The molecular formula is C20H19BrClN7O. The topological polar surface area (TPSA) is 82.6 Å². The highest BCUT2D eigenvalue weighted by molar-refractivity contribution is 9.10. The van der Waals surface area contributed by atoms with Crippen LogP contribution in [0.15, 0.2) is 53.4 Å². The summed E-state index contributed by atoms with van der Waals surface area (Å²) in [6, 6.07) is 9.26. The minimum atomic E-state index is -0.305. The molecule has 0 fully saturated rings. The predicted molar refractivity (Wildman–Crippen MR) is 118 cm³/mol. The highest BCUT2D eigenvalue weighted by Crippen LogP contribution is 2.20. The molecule has 1 amide bonds. The quantitative estimate of drug-likeness (QED) is 0.443. The number of halogens is 2. The van der Waals surface area contributed by atoms with Crippen molar-refractivity contribution < 1.29 is 4.79 Å². The van der Waals surface area contributed by atoms with E-state index in [0.717, 1.165) is 21.4 Å². The monoisotopic (exact) mass is 487 g/mol. The molecule has 0 aliphatic rings. The largest absolute Gasteiger partial charge is 0.318 e. The molecule has 4 rings (SSSR count). The molecule has 0 atom stereocenters. The van der Waals surface area contributed by atoms with Gasteiger partial charge in [0.05, 0.1) is 34.3 Å². The van der Waals surface area contributed by atoms with Gasteiger partial charge in [0.15, 0.2) is 5.69 Å². The molecule has 154 valence electrons. The molecule has 1 N–H and O–H groups in total. The Morgan fingerprint density at radius 1 is 1.17 bits per heavy atom. The minimum absolute atomic E-state index is 0.305. The summed E-state index contributed by atoms with van der Waals surface area (Å²) in [5, 5.41) is 16.6. The Kier molecular flexibility index (Phi) is 5.74. The standard InChI is InChI=1S/C20H19BrClN7O/c1-13-19(21)14(2)29(25-13)12-27-8-7-18(26-27)20(30)24-16-9-23-28(11-16)10-15-5-3-4-6-17(15)22/h3-9,11H,10,12H2,1-2H3,(H,24,30). The number of carbonyl (C=O) groups excluding carboxylic acids is 1. The average Bonchev–Trinajstić information content (AvgIpc) is 3.42. The number of benzene rings is 1. The van der Waals surface area contributed by atoms with Crippen LogP contribution < -0.4 is 5.32 Å². The van der Waals surface area contributed by atoms with Crippen LogP contribution in [-0.4, -0.2) is 35.2 Å². The number of anilines is 1. The van der Waals surface area contributed by atoms with E-state index >= 15 is 0 Å². The Balaban J connectivity index is 1.41. The van der Waals surface area contributed by atoms with Crippen molar-refractivity contribution in [1.29, 1.82) is 0 Å². The Hall–Kier alpha value is -2.91. The second-order valence-electron chi connectivity index (χ2n) is 6.84. The first-order chi connectivity index (χ1) is 14.4. The lowest BCUT2D eigenvalue weighted by Crippen LogP contribution is -2.15. The second-order valence-corrected chi connectivity index (χ2v) is 8.04. The fourth-order valence-corrected chi connectivity index (χ4v) is 3.50. The Morgan fingerprint density at radius 3 is 2.70 bits per heavy atom. The van der Waals surface area contributed by atoms with Crippen molar-refractivity contribution in [3.63, 3.8) is 0 Å². The van der Waals surface area contributed by atoms with E-state index in [2.05, 4.69) is 36.5 Å². The third-order valence-electron chi connectivity index (χ3n) is 4.63. The molecule has 0 saturated carbocycles. The van der Waals surface area contributed by atoms with E-state index in [1.807, 2.05) is 42.8 Å². The van der Waals surface area contributed by atoms with Crippen LogP contribution in [0.2, 0.25) is 5.02 Å². The van der Waals surface area contributed by atoms with Gasteiger partial charge in [0.1, 0.15) is 6.67 Å². The fraction of sp³-hybridized carbons (Fsp3) is 0.200. The van der Waals surface area contributed by atoms with Crippen molar-refractivity contribution in [2.75, 3.05) is 5.32 Å². The summed E-state index contributed by atoms with van der Waals surface area (Å²) in [4.78, 5) is 12.6. The maximum atomic E-state index is 12.6. The van der Waals surface area contributed by atoms with Crippen LogP contribution in [0.25, 0.3) is 0 Å². The molecule has 0 radical (unpaired) electrons. The number of nitrogens with one attached hydrogen (secondary N) is 1. The van der Waals surface area contributed by atoms with Gasteiger partial charge < -0.3 is 5.32 Å². The molecule has 0 aliphatic carbocycles. The van der Waals surface area contributed by atoms with Crippen molar-refractivity contribution in [2.45, 2.75) is 27.1 Å². The number of hydrogen-bond acceptors (Lipinski definition) is 4. The molecular weight excluding hydrogens is 470 g/mol. The summed E-state index contributed by atoms with van der Waals surface area (Å²) in [5.41, 5.74) is 3.76. The number of aryl methyl sites for hydroxylation is 1. The highest BCUT2D eigenvalue weighted by atomic mass is 79.9. The van der Waals surface area contributed by atoms with Gasteiger partial charge in [0.2, 0.25) is 0 Å². The van der Waals surface area contributed by atoms with Crippen LogP contribution in [0.1, 0.15) is 27.4 Å². The van der Waals surface area contributed by atoms with E-state index in [4.69, 9.17) is 11.6 Å². The molecule has 10 heteroatoms. The third kappa shape index (κ3) is 4.31. The molecule has 30 heavy (non-hydrogen) atoms. The number of hydrogen-bond donors (Lipinski definition) is 1. The van der Waals surface area contributed by atoms with Gasteiger partial charge >= 0.3 is 0 Å². The summed E-state index contributed by atoms with van der Waals surface area (Å²) in [6.07, 6.45) is 5.10. The molecule has 0 spiro atoms. The lowest BCUT2D eigenvalue weighted by atomic mass is 10.2. The Labute approximate surface area is 186 Å². The van der Waals surface area contributed by atoms with Crippen molar-refractivity contribution >= 4 is 39.1 Å². The lowest BCUT2D eigenvalue weighted by Gasteiger charge is -2.05. The molecule has 8 nitrogen and oxygen atoms in total. The predicted octanol–water partition coefficient (Wildman–Crippen LogP) is 4.12. The van der Waals surface area contributed by atoms with E-state index in [1.165, 1.54) is 0 Å². The number of aromatic nitrogens is 6. The van der Waals surface area contributed by atoms with Crippen LogP contribution in [-0.2, 0) is 13.2 Å². The number of carbonyl (C=O) groups is 1. The van der Waals surface area contributed by atoms with E-state index in [0.29, 0.717) is 29.6 Å². The van der Waals surface area contributed by atoms with Gasteiger partial charge in [0.25, 0.3) is 5.91 Å². The summed E-state index contributed by atoms with van der Waals surface area (Å²) >= 11 is 9.71. The lowest BCUT2D eigenvalue weighted by molar-refractivity contribution is 0.102. The molecule has 0 bridgehead atoms. The Morgan fingerprint density at radius 2 is 1.97 bits per heavy atom. The van der Waals surface area contributed by atoms with Crippen LogP contribution in [0.3, 0.4) is 0 Å². The smallest absolute Gasteiger partial charge is 0.276 e. The van der Waals surface area contributed by atoms with Crippen molar-refractivity contribution in [1.82, 2.24) is 29.3 Å². The SMILES string of the molecule is Cc1nn(Cn2ccc(C(=O)Nc3cnn(Cc4ccccc4Cl)c3)n2)c(C)c1Br. The fourth-order valence-electron chi connectivity index (χ4n) is 3.02. The van der Waals surface area contributed by atoms with Gasteiger partial charge in [0, 0.05) is 17.4 Å². The van der Waals surface area contributed by atoms with Crippen LogP contribution in [0, 0.1) is 13.8 Å². The average molecular weight is 489 g/mol. The number of rotatable bonds is 6. The maximum absolute atomic E-state index is 12.6. The summed E-state index contributed by atoms with van der Waals surface area (Å²) < 4.78 is 6.19. The summed E-state index contributed by atoms with van der Waals surface area (Å²) in [6.45, 7) is 4.84. The van der Waals surface area contributed by atoms with Gasteiger partial charge in [-0.05, 0) is 47.5 Å². The number of amides is 1. The molecule has 1 aromatic carbocycles. The molecule has 3 heterocycles. The first kappa shape index (κ1) is 20.4. The minimum Gasteiger partial charge on any atom is -0.318 e. The van der Waals surface area contributed by atoms with Crippen molar-refractivity contribution in [3.8, 4) is 0 Å². The Bertz CT molecular complexity index is 1210. The molecule has 0 unspecified atom stereocenters. The molecule has 0 saturated heterocycles. The van der Waals surface area contributed by atoms with Crippen molar-refractivity contribution in [2.24, 2.45) is 0 Å². The number of nitrogens with zero attached hydrogens (tertiary/aromatic N) is 6. The first-order valence-corrected chi connectivity index (χ1v) is 10.4. The van der Waals surface area contributed by atoms with Crippen LogP contribution >= 0.6 is 27.5 Å². The van der Waals surface area contributed by atoms with E-state index in [-0.39, 0.29) is 5.91 Å². The zero-order chi connectivity index (χ0) is 21.3. The summed E-state index contributed by atoms with van der Waals surface area (Å²) in [5.74, 6) is -0.305. The molecule has 4 aromatic rings. The van der Waals surface area contributed by atoms with Gasteiger partial charge in [-0.3, -0.25) is 14.2 Å². The van der Waals surface area contributed by atoms with Crippen LogP contribution in [0.5, 0.6) is 0 Å². The zero-order valence-corrected chi connectivity index (χ0v) is 18.7. The molecule has 0 aliphatic heterocycles. The molecule has 3 aromatic heterocycles. The highest BCUT2D eigenvalue weighted by Gasteiger charge is 2.13. The zero-order valence-electron chi connectivity index (χ0n) is 16.4. The van der Waals surface area contributed by atoms with Crippen molar-refractivity contribution in [3.05, 3.63) is 81.1 Å². The maximum Gasteiger partial charge on any atom is 0.276 e.